The Morgan fingerprint density at radius 3 is 2.60 bits per heavy atom. The maximum Gasteiger partial charge on any atom is 0.0606 e. The van der Waals surface area contributed by atoms with Crippen LogP contribution in [-0.4, -0.2) is 24.8 Å². The van der Waals surface area contributed by atoms with Crippen LogP contribution in [0.3, 0.4) is 0 Å². The molecule has 0 fully saturated rings. The molecule has 0 unspecified atom stereocenters. The van der Waals surface area contributed by atoms with Crippen LogP contribution in [-0.2, 0) is 6.54 Å². The number of rotatable bonds is 7. The Labute approximate surface area is 132 Å². The third kappa shape index (κ3) is 4.23. The van der Waals surface area contributed by atoms with E-state index in [0.717, 1.165) is 28.9 Å². The first kappa shape index (κ1) is 15.4. The molecule has 108 valence electrons. The Morgan fingerprint density at radius 1 is 1.30 bits per heavy atom. The zero-order chi connectivity index (χ0) is 14.4. The van der Waals surface area contributed by atoms with Gasteiger partial charge in [-0.3, -0.25) is 0 Å². The van der Waals surface area contributed by atoms with Crippen molar-refractivity contribution < 1.29 is 5.11 Å². The molecule has 20 heavy (non-hydrogen) atoms. The molecular formula is C15H19BrN2OS. The molecule has 0 bridgehead atoms. The van der Waals surface area contributed by atoms with Gasteiger partial charge in [-0.25, -0.2) is 0 Å². The summed E-state index contributed by atoms with van der Waals surface area (Å²) in [5.74, 6) is 0. The highest BCUT2D eigenvalue weighted by Crippen LogP contribution is 2.22. The highest BCUT2D eigenvalue weighted by molar-refractivity contribution is 9.10. The van der Waals surface area contributed by atoms with Crippen molar-refractivity contribution in [2.75, 3.05) is 29.9 Å². The molecule has 0 spiro atoms. The van der Waals surface area contributed by atoms with E-state index in [9.17, 15) is 0 Å². The van der Waals surface area contributed by atoms with Gasteiger partial charge in [-0.05, 0) is 53.2 Å². The van der Waals surface area contributed by atoms with Gasteiger partial charge >= 0.3 is 0 Å². The number of nitrogens with one attached hydrogen (secondary N) is 1. The highest BCUT2D eigenvalue weighted by atomic mass is 79.9. The Bertz CT molecular complexity index is 527. The lowest BCUT2D eigenvalue weighted by Gasteiger charge is -2.22. The maximum absolute atomic E-state index is 9.04. The molecule has 1 heterocycles. The fraction of sp³-hybridized carbons (Fsp3) is 0.333. The van der Waals surface area contributed by atoms with Crippen LogP contribution in [0.2, 0.25) is 0 Å². The summed E-state index contributed by atoms with van der Waals surface area (Å²) in [6.45, 7) is 4.68. The quantitative estimate of drug-likeness (QED) is 0.790. The first-order chi connectivity index (χ1) is 9.72. The van der Waals surface area contributed by atoms with Gasteiger partial charge in [-0.15, -0.1) is 11.3 Å². The van der Waals surface area contributed by atoms with Crippen molar-refractivity contribution in [3.63, 3.8) is 0 Å². The number of benzene rings is 1. The predicted octanol–water partition coefficient (Wildman–Crippen LogP) is 3.94. The molecule has 3 nitrogen and oxygen atoms in total. The standard InChI is InChI=1S/C15H19BrN2OS/c1-2-18(7-8-19)14-5-3-13(4-6-14)17-10-15-9-12(16)11-20-15/h3-6,9,11,17,19H,2,7-8,10H2,1H3. The molecule has 0 aliphatic rings. The lowest BCUT2D eigenvalue weighted by Crippen LogP contribution is -2.25. The summed E-state index contributed by atoms with van der Waals surface area (Å²) >= 11 is 5.20. The van der Waals surface area contributed by atoms with E-state index in [1.807, 2.05) is 0 Å². The van der Waals surface area contributed by atoms with Crippen LogP contribution in [0.15, 0.2) is 40.2 Å². The van der Waals surface area contributed by atoms with Crippen LogP contribution in [0.4, 0.5) is 11.4 Å². The second-order valence-corrected chi connectivity index (χ2v) is 6.35. The van der Waals surface area contributed by atoms with Crippen molar-refractivity contribution in [1.82, 2.24) is 0 Å². The van der Waals surface area contributed by atoms with E-state index < -0.39 is 0 Å². The average Bonchev–Trinajstić information content (AvgIpc) is 2.89. The normalized spacial score (nSPS) is 10.6. The third-order valence-corrected chi connectivity index (χ3v) is 4.77. The Balaban J connectivity index is 1.94. The molecule has 1 aromatic heterocycles. The molecule has 2 N–H and O–H groups in total. The number of anilines is 2. The second-order valence-electron chi connectivity index (χ2n) is 4.43. The fourth-order valence-electron chi connectivity index (χ4n) is 2.02. The lowest BCUT2D eigenvalue weighted by molar-refractivity contribution is 0.302. The summed E-state index contributed by atoms with van der Waals surface area (Å²) in [4.78, 5) is 3.46. The number of nitrogens with zero attached hydrogens (tertiary/aromatic N) is 1. The van der Waals surface area contributed by atoms with Gasteiger partial charge in [0.1, 0.15) is 0 Å². The van der Waals surface area contributed by atoms with E-state index in [2.05, 4.69) is 68.8 Å². The smallest absolute Gasteiger partial charge is 0.0606 e. The van der Waals surface area contributed by atoms with Gasteiger partial charge in [-0.1, -0.05) is 0 Å². The van der Waals surface area contributed by atoms with E-state index in [1.165, 1.54) is 4.88 Å². The van der Waals surface area contributed by atoms with Crippen molar-refractivity contribution in [3.05, 3.63) is 45.1 Å². The number of aliphatic hydroxyl groups is 1. The summed E-state index contributed by atoms with van der Waals surface area (Å²) in [5, 5.41) is 14.5. The molecule has 0 saturated heterocycles. The molecule has 2 rings (SSSR count). The van der Waals surface area contributed by atoms with Gasteiger partial charge in [-0.2, -0.15) is 0 Å². The van der Waals surface area contributed by atoms with E-state index in [-0.39, 0.29) is 6.61 Å². The number of hydrogen-bond donors (Lipinski definition) is 2. The van der Waals surface area contributed by atoms with Crippen LogP contribution in [0.1, 0.15) is 11.8 Å². The zero-order valence-electron chi connectivity index (χ0n) is 11.5. The Hall–Kier alpha value is -1.04. The van der Waals surface area contributed by atoms with Crippen LogP contribution in [0.25, 0.3) is 0 Å². The molecule has 0 radical (unpaired) electrons. The number of likely N-dealkylation sites (N-methyl/N-ethyl adjacent to an activating group) is 1. The number of aliphatic hydroxyl groups excluding tert-OH is 1. The fourth-order valence-corrected chi connectivity index (χ4v) is 3.41. The van der Waals surface area contributed by atoms with E-state index >= 15 is 0 Å². The first-order valence-corrected chi connectivity index (χ1v) is 8.33. The van der Waals surface area contributed by atoms with Crippen LogP contribution >= 0.6 is 27.3 Å². The monoisotopic (exact) mass is 354 g/mol. The summed E-state index contributed by atoms with van der Waals surface area (Å²) in [6, 6.07) is 10.5. The minimum absolute atomic E-state index is 0.182. The molecule has 0 aliphatic heterocycles. The number of halogens is 1. The average molecular weight is 355 g/mol. The predicted molar refractivity (Wildman–Crippen MR) is 90.8 cm³/mol. The summed E-state index contributed by atoms with van der Waals surface area (Å²) in [7, 11) is 0. The highest BCUT2D eigenvalue weighted by Gasteiger charge is 2.03. The largest absolute Gasteiger partial charge is 0.395 e. The molecule has 0 aliphatic carbocycles. The second kappa shape index (κ2) is 7.67. The molecule has 0 saturated carbocycles. The van der Waals surface area contributed by atoms with Crippen LogP contribution in [0, 0.1) is 0 Å². The van der Waals surface area contributed by atoms with Crippen molar-refractivity contribution in [2.24, 2.45) is 0 Å². The lowest BCUT2D eigenvalue weighted by atomic mass is 10.2. The minimum atomic E-state index is 0.182. The molecule has 0 amide bonds. The molecule has 5 heteroatoms. The third-order valence-electron chi connectivity index (χ3n) is 3.07. The van der Waals surface area contributed by atoms with Gasteiger partial charge < -0.3 is 15.3 Å². The first-order valence-electron chi connectivity index (χ1n) is 6.65. The van der Waals surface area contributed by atoms with Crippen molar-refractivity contribution in [1.29, 1.82) is 0 Å². The number of hydrogen-bond acceptors (Lipinski definition) is 4. The number of thiophene rings is 1. The van der Waals surface area contributed by atoms with Crippen molar-refractivity contribution in [2.45, 2.75) is 13.5 Å². The van der Waals surface area contributed by atoms with Crippen molar-refractivity contribution >= 4 is 38.6 Å². The molecule has 2 aromatic rings. The van der Waals surface area contributed by atoms with Crippen molar-refractivity contribution in [3.8, 4) is 0 Å². The Kier molecular flexibility index (Phi) is 5.88. The summed E-state index contributed by atoms with van der Waals surface area (Å²) < 4.78 is 1.14. The SMILES string of the molecule is CCN(CCO)c1ccc(NCc2cc(Br)cs2)cc1. The van der Waals surface area contributed by atoms with Crippen LogP contribution in [0.5, 0.6) is 0 Å². The van der Waals surface area contributed by atoms with Gasteiger partial charge in [0, 0.05) is 45.7 Å². The van der Waals surface area contributed by atoms with Gasteiger partial charge in [0.15, 0.2) is 0 Å². The van der Waals surface area contributed by atoms with E-state index in [0.29, 0.717) is 6.54 Å². The molecular weight excluding hydrogens is 336 g/mol. The summed E-state index contributed by atoms with van der Waals surface area (Å²) in [6.07, 6.45) is 0. The van der Waals surface area contributed by atoms with E-state index in [4.69, 9.17) is 5.11 Å². The molecule has 1 aromatic carbocycles. The maximum atomic E-state index is 9.04. The topological polar surface area (TPSA) is 35.5 Å². The Morgan fingerprint density at radius 2 is 2.05 bits per heavy atom. The van der Waals surface area contributed by atoms with Gasteiger partial charge in [0.25, 0.3) is 0 Å². The van der Waals surface area contributed by atoms with Crippen LogP contribution < -0.4 is 10.2 Å². The molecule has 0 atom stereocenters. The van der Waals surface area contributed by atoms with Gasteiger partial charge in [0.2, 0.25) is 0 Å². The zero-order valence-corrected chi connectivity index (χ0v) is 13.9. The van der Waals surface area contributed by atoms with Gasteiger partial charge in [0.05, 0.1) is 6.61 Å². The summed E-state index contributed by atoms with van der Waals surface area (Å²) in [5.41, 5.74) is 2.25. The van der Waals surface area contributed by atoms with E-state index in [1.54, 1.807) is 11.3 Å². The minimum Gasteiger partial charge on any atom is -0.395 e.